The van der Waals surface area contributed by atoms with E-state index in [0.29, 0.717) is 13.1 Å². The molecule has 0 radical (unpaired) electrons. The molecule has 0 saturated heterocycles. The Bertz CT molecular complexity index is 600. The molecule has 0 heterocycles. The summed E-state index contributed by atoms with van der Waals surface area (Å²) in [6.45, 7) is -0.750. The van der Waals surface area contributed by atoms with E-state index in [0.717, 1.165) is 17.7 Å². The molecule has 0 amide bonds. The minimum atomic E-state index is -2.81. The number of halogens is 2. The first-order valence-corrected chi connectivity index (χ1v) is 7.50. The molecule has 5 heteroatoms. The second-order valence-corrected chi connectivity index (χ2v) is 5.64. The highest BCUT2D eigenvalue weighted by Crippen LogP contribution is 2.20. The van der Waals surface area contributed by atoms with Gasteiger partial charge in [0.15, 0.2) is 0 Å². The topological polar surface area (TPSA) is 24.5 Å². The second-order valence-electron chi connectivity index (χ2n) is 5.64. The van der Waals surface area contributed by atoms with E-state index < -0.39 is 6.61 Å². The fourth-order valence-corrected chi connectivity index (χ4v) is 2.33. The van der Waals surface area contributed by atoms with Crippen LogP contribution in [0.1, 0.15) is 16.7 Å². The van der Waals surface area contributed by atoms with Crippen LogP contribution in [0.25, 0.3) is 0 Å². The quantitative estimate of drug-likeness (QED) is 0.804. The molecule has 0 fully saturated rings. The Kier molecular flexibility index (Phi) is 6.50. The molecule has 3 nitrogen and oxygen atoms in total. The molecule has 0 aliphatic rings. The molecule has 0 aliphatic heterocycles. The summed E-state index contributed by atoms with van der Waals surface area (Å²) in [5.41, 5.74) is 3.13. The molecular formula is C18H22F2N2O. The molecule has 0 saturated carbocycles. The summed E-state index contributed by atoms with van der Waals surface area (Å²) in [5.74, 6) is 0.219. The lowest BCUT2D eigenvalue weighted by atomic mass is 10.1. The number of nitrogens with one attached hydrogen (secondary N) is 1. The van der Waals surface area contributed by atoms with Gasteiger partial charge in [-0.15, -0.1) is 0 Å². The maximum Gasteiger partial charge on any atom is 0.387 e. The maximum absolute atomic E-state index is 12.4. The lowest BCUT2D eigenvalue weighted by Crippen LogP contribution is -2.15. The van der Waals surface area contributed by atoms with Crippen molar-refractivity contribution in [2.45, 2.75) is 26.2 Å². The van der Waals surface area contributed by atoms with E-state index in [1.54, 1.807) is 18.2 Å². The van der Waals surface area contributed by atoms with Crippen molar-refractivity contribution in [1.29, 1.82) is 0 Å². The molecule has 0 atom stereocenters. The predicted molar refractivity (Wildman–Crippen MR) is 87.5 cm³/mol. The highest BCUT2D eigenvalue weighted by Gasteiger charge is 2.08. The van der Waals surface area contributed by atoms with E-state index in [9.17, 15) is 8.78 Å². The summed E-state index contributed by atoms with van der Waals surface area (Å²) >= 11 is 0. The Morgan fingerprint density at radius 2 is 1.61 bits per heavy atom. The van der Waals surface area contributed by atoms with Crippen LogP contribution in [0.4, 0.5) is 8.78 Å². The van der Waals surface area contributed by atoms with E-state index in [1.807, 2.05) is 20.2 Å². The molecule has 2 rings (SSSR count). The van der Waals surface area contributed by atoms with Crippen LogP contribution in [-0.4, -0.2) is 25.6 Å². The van der Waals surface area contributed by atoms with E-state index >= 15 is 0 Å². The zero-order valence-electron chi connectivity index (χ0n) is 13.4. The van der Waals surface area contributed by atoms with E-state index in [2.05, 4.69) is 39.2 Å². The number of rotatable bonds is 8. The van der Waals surface area contributed by atoms with Gasteiger partial charge in [-0.25, -0.2) is 0 Å². The van der Waals surface area contributed by atoms with Gasteiger partial charge in [-0.2, -0.15) is 8.78 Å². The van der Waals surface area contributed by atoms with E-state index in [4.69, 9.17) is 0 Å². The SMILES string of the molecule is CN(C)Cc1ccc(CNCc2ccccc2OC(F)F)cc1. The van der Waals surface area contributed by atoms with Gasteiger partial charge in [-0.3, -0.25) is 0 Å². The van der Waals surface area contributed by atoms with Crippen LogP contribution >= 0.6 is 0 Å². The van der Waals surface area contributed by atoms with Gasteiger partial charge in [0.25, 0.3) is 0 Å². The summed E-state index contributed by atoms with van der Waals surface area (Å²) in [7, 11) is 4.07. The lowest BCUT2D eigenvalue weighted by Gasteiger charge is -2.12. The van der Waals surface area contributed by atoms with Crippen molar-refractivity contribution in [1.82, 2.24) is 10.2 Å². The van der Waals surface area contributed by atoms with Crippen molar-refractivity contribution in [3.63, 3.8) is 0 Å². The number of hydrogen-bond donors (Lipinski definition) is 1. The standard InChI is InChI=1S/C18H22F2N2O/c1-22(2)13-15-9-7-14(8-10-15)11-21-12-16-5-3-4-6-17(16)23-18(19)20/h3-10,18,21H,11-13H2,1-2H3. The van der Waals surface area contributed by atoms with Gasteiger partial charge < -0.3 is 15.0 Å². The first-order chi connectivity index (χ1) is 11.0. The van der Waals surface area contributed by atoms with Crippen LogP contribution in [0.2, 0.25) is 0 Å². The normalized spacial score (nSPS) is 11.2. The number of benzene rings is 2. The van der Waals surface area contributed by atoms with Crippen molar-refractivity contribution in [3.8, 4) is 5.75 Å². The summed E-state index contributed by atoms with van der Waals surface area (Å²) in [4.78, 5) is 2.12. The first-order valence-electron chi connectivity index (χ1n) is 7.50. The van der Waals surface area contributed by atoms with Crippen LogP contribution in [0.5, 0.6) is 5.75 Å². The molecule has 0 unspecified atom stereocenters. The van der Waals surface area contributed by atoms with Crippen LogP contribution in [0.15, 0.2) is 48.5 Å². The van der Waals surface area contributed by atoms with Crippen molar-refractivity contribution in [2.75, 3.05) is 14.1 Å². The van der Waals surface area contributed by atoms with Gasteiger partial charge in [0.2, 0.25) is 0 Å². The fraction of sp³-hybridized carbons (Fsp3) is 0.333. The highest BCUT2D eigenvalue weighted by molar-refractivity contribution is 5.33. The number of alkyl halides is 2. The Morgan fingerprint density at radius 1 is 0.957 bits per heavy atom. The fourth-order valence-electron chi connectivity index (χ4n) is 2.33. The summed E-state index contributed by atoms with van der Waals surface area (Å²) < 4.78 is 29.3. The average molecular weight is 320 g/mol. The monoisotopic (exact) mass is 320 g/mol. The molecule has 124 valence electrons. The molecule has 0 aliphatic carbocycles. The van der Waals surface area contributed by atoms with Crippen molar-refractivity contribution in [2.24, 2.45) is 0 Å². The molecule has 1 N–H and O–H groups in total. The van der Waals surface area contributed by atoms with E-state index in [1.165, 1.54) is 5.56 Å². The van der Waals surface area contributed by atoms with Crippen LogP contribution in [-0.2, 0) is 19.6 Å². The third-order valence-electron chi connectivity index (χ3n) is 3.36. The third-order valence-corrected chi connectivity index (χ3v) is 3.36. The molecule has 0 spiro atoms. The minimum Gasteiger partial charge on any atom is -0.434 e. The van der Waals surface area contributed by atoms with E-state index in [-0.39, 0.29) is 5.75 Å². The van der Waals surface area contributed by atoms with Gasteiger partial charge in [0, 0.05) is 25.2 Å². The summed E-state index contributed by atoms with van der Waals surface area (Å²) in [5, 5.41) is 3.26. The van der Waals surface area contributed by atoms with Gasteiger partial charge >= 0.3 is 6.61 Å². The van der Waals surface area contributed by atoms with Gasteiger partial charge in [0.05, 0.1) is 0 Å². The zero-order valence-corrected chi connectivity index (χ0v) is 13.4. The van der Waals surface area contributed by atoms with Crippen molar-refractivity contribution < 1.29 is 13.5 Å². The second kappa shape index (κ2) is 8.60. The summed E-state index contributed by atoms with van der Waals surface area (Å²) in [6.07, 6.45) is 0. The number of hydrogen-bond acceptors (Lipinski definition) is 3. The zero-order chi connectivity index (χ0) is 16.7. The number of nitrogens with zero attached hydrogens (tertiary/aromatic N) is 1. The highest BCUT2D eigenvalue weighted by atomic mass is 19.3. The molecule has 2 aromatic rings. The van der Waals surface area contributed by atoms with Gasteiger partial charge in [-0.1, -0.05) is 42.5 Å². The Hall–Kier alpha value is -1.98. The van der Waals surface area contributed by atoms with Crippen molar-refractivity contribution in [3.05, 3.63) is 65.2 Å². The van der Waals surface area contributed by atoms with Crippen LogP contribution < -0.4 is 10.1 Å². The number of para-hydroxylation sites is 1. The van der Waals surface area contributed by atoms with Gasteiger partial charge in [0.1, 0.15) is 5.75 Å². The third kappa shape index (κ3) is 5.96. The Morgan fingerprint density at radius 3 is 2.26 bits per heavy atom. The average Bonchev–Trinajstić information content (AvgIpc) is 2.50. The minimum absolute atomic E-state index is 0.219. The van der Waals surface area contributed by atoms with Gasteiger partial charge in [-0.05, 0) is 31.3 Å². The predicted octanol–water partition coefficient (Wildman–Crippen LogP) is 3.64. The molecular weight excluding hydrogens is 298 g/mol. The lowest BCUT2D eigenvalue weighted by molar-refractivity contribution is -0.0505. The van der Waals surface area contributed by atoms with Crippen molar-refractivity contribution >= 4 is 0 Å². The number of ether oxygens (including phenoxy) is 1. The van der Waals surface area contributed by atoms with Crippen LogP contribution in [0.3, 0.4) is 0 Å². The Balaban J connectivity index is 1.87. The molecule has 23 heavy (non-hydrogen) atoms. The molecule has 0 aromatic heterocycles. The smallest absolute Gasteiger partial charge is 0.387 e. The molecule has 0 bridgehead atoms. The Labute approximate surface area is 135 Å². The van der Waals surface area contributed by atoms with Crippen LogP contribution in [0, 0.1) is 0 Å². The first kappa shape index (κ1) is 17.4. The largest absolute Gasteiger partial charge is 0.434 e. The molecule has 2 aromatic carbocycles. The maximum atomic E-state index is 12.4. The summed E-state index contributed by atoms with van der Waals surface area (Å²) in [6, 6.07) is 15.2.